The summed E-state index contributed by atoms with van der Waals surface area (Å²) >= 11 is 0. The first kappa shape index (κ1) is 12.6. The highest BCUT2D eigenvalue weighted by atomic mass is 15.0. The summed E-state index contributed by atoms with van der Waals surface area (Å²) < 4.78 is 0. The summed E-state index contributed by atoms with van der Waals surface area (Å²) in [6.07, 6.45) is 2.32. The molecule has 0 aliphatic heterocycles. The average Bonchev–Trinajstić information content (AvgIpc) is 2.25. The molecule has 0 amide bonds. The van der Waals surface area contributed by atoms with E-state index in [0.29, 0.717) is 23.5 Å². The van der Waals surface area contributed by atoms with E-state index in [0.717, 1.165) is 18.7 Å². The molecule has 0 radical (unpaired) electrons. The van der Waals surface area contributed by atoms with E-state index < -0.39 is 0 Å². The molecule has 1 unspecified atom stereocenters. The van der Waals surface area contributed by atoms with Crippen LogP contribution in [0.15, 0.2) is 12.1 Å². The van der Waals surface area contributed by atoms with Crippen LogP contribution in [0.1, 0.15) is 33.6 Å². The lowest BCUT2D eigenvalue weighted by Gasteiger charge is -2.23. The first-order valence-electron chi connectivity index (χ1n) is 5.87. The van der Waals surface area contributed by atoms with Crippen LogP contribution in [-0.4, -0.2) is 11.0 Å². The second-order valence-electron chi connectivity index (χ2n) is 4.18. The molecule has 16 heavy (non-hydrogen) atoms. The molecule has 5 N–H and O–H groups in total. The molecule has 1 aromatic heterocycles. The summed E-state index contributed by atoms with van der Waals surface area (Å²) in [6.45, 7) is 6.58. The maximum absolute atomic E-state index is 5.66. The van der Waals surface area contributed by atoms with Crippen LogP contribution in [0, 0.1) is 5.92 Å². The van der Waals surface area contributed by atoms with Crippen molar-refractivity contribution in [3.05, 3.63) is 12.1 Å². The minimum Gasteiger partial charge on any atom is -0.396 e. The third-order valence-corrected chi connectivity index (χ3v) is 3.09. The molecule has 4 heteroatoms. The highest BCUT2D eigenvalue weighted by Crippen LogP contribution is 2.19. The number of hydrogen-bond acceptors (Lipinski definition) is 4. The van der Waals surface area contributed by atoms with E-state index >= 15 is 0 Å². The largest absolute Gasteiger partial charge is 0.396 e. The van der Waals surface area contributed by atoms with Crippen molar-refractivity contribution in [3.8, 4) is 0 Å². The van der Waals surface area contributed by atoms with Gasteiger partial charge in [-0.2, -0.15) is 0 Å². The van der Waals surface area contributed by atoms with Gasteiger partial charge in [-0.3, -0.25) is 0 Å². The van der Waals surface area contributed by atoms with Gasteiger partial charge in [0.2, 0.25) is 0 Å². The summed E-state index contributed by atoms with van der Waals surface area (Å²) in [4.78, 5) is 4.21. The number of nitrogens with one attached hydrogen (secondary N) is 1. The lowest BCUT2D eigenvalue weighted by Crippen LogP contribution is -2.25. The highest BCUT2D eigenvalue weighted by molar-refractivity contribution is 5.61. The first-order valence-corrected chi connectivity index (χ1v) is 5.87. The Morgan fingerprint density at radius 1 is 1.25 bits per heavy atom. The molecule has 0 fully saturated rings. The van der Waals surface area contributed by atoms with Crippen molar-refractivity contribution in [1.82, 2.24) is 4.98 Å². The Labute approximate surface area is 97.4 Å². The Hall–Kier alpha value is -1.45. The molecule has 4 nitrogen and oxygen atoms in total. The van der Waals surface area contributed by atoms with Gasteiger partial charge < -0.3 is 16.8 Å². The number of nitrogen functional groups attached to an aromatic ring is 2. The predicted molar refractivity (Wildman–Crippen MR) is 70.2 cm³/mol. The number of nitrogens with two attached hydrogens (primary N) is 2. The molecular weight excluding hydrogens is 200 g/mol. The fraction of sp³-hybridized carbons (Fsp3) is 0.583. The van der Waals surface area contributed by atoms with Crippen LogP contribution in [0.5, 0.6) is 0 Å². The molecular formula is C12H22N4. The van der Waals surface area contributed by atoms with Crippen molar-refractivity contribution in [1.29, 1.82) is 0 Å². The van der Waals surface area contributed by atoms with Gasteiger partial charge in [0.15, 0.2) is 0 Å². The zero-order valence-corrected chi connectivity index (χ0v) is 10.3. The van der Waals surface area contributed by atoms with E-state index in [9.17, 15) is 0 Å². The predicted octanol–water partition coefficient (Wildman–Crippen LogP) is 2.48. The lowest BCUT2D eigenvalue weighted by atomic mass is 9.95. The van der Waals surface area contributed by atoms with Gasteiger partial charge in [0.1, 0.15) is 11.6 Å². The minimum atomic E-state index is 0.391. The number of anilines is 3. The van der Waals surface area contributed by atoms with Crippen LogP contribution >= 0.6 is 0 Å². The molecule has 0 bridgehead atoms. The van der Waals surface area contributed by atoms with Gasteiger partial charge in [-0.1, -0.05) is 26.7 Å². The summed E-state index contributed by atoms with van der Waals surface area (Å²) in [5.41, 5.74) is 11.8. The Kier molecular flexibility index (Phi) is 4.40. The molecule has 0 aromatic carbocycles. The zero-order valence-electron chi connectivity index (χ0n) is 10.3. The molecule has 0 spiro atoms. The maximum atomic E-state index is 5.66. The zero-order chi connectivity index (χ0) is 12.1. The van der Waals surface area contributed by atoms with Gasteiger partial charge >= 0.3 is 0 Å². The van der Waals surface area contributed by atoms with E-state index in [2.05, 4.69) is 31.1 Å². The van der Waals surface area contributed by atoms with Crippen molar-refractivity contribution >= 4 is 17.3 Å². The van der Waals surface area contributed by atoms with Crippen LogP contribution in [-0.2, 0) is 0 Å². The third kappa shape index (κ3) is 3.02. The van der Waals surface area contributed by atoms with E-state index in [4.69, 9.17) is 11.5 Å². The van der Waals surface area contributed by atoms with Gasteiger partial charge in [0.05, 0.1) is 5.69 Å². The minimum absolute atomic E-state index is 0.391. The van der Waals surface area contributed by atoms with Crippen molar-refractivity contribution in [2.75, 3.05) is 16.8 Å². The molecule has 90 valence electrons. The summed E-state index contributed by atoms with van der Waals surface area (Å²) in [6, 6.07) is 4.04. The van der Waals surface area contributed by atoms with Crippen LogP contribution < -0.4 is 16.8 Å². The molecule has 0 aliphatic rings. The number of nitrogens with zero attached hydrogens (tertiary/aromatic N) is 1. The normalized spacial score (nSPS) is 12.8. The fourth-order valence-corrected chi connectivity index (χ4v) is 1.91. The molecule has 1 heterocycles. The van der Waals surface area contributed by atoms with Crippen molar-refractivity contribution in [2.45, 2.75) is 39.7 Å². The van der Waals surface area contributed by atoms with Gasteiger partial charge in [-0.05, 0) is 25.0 Å². The smallest absolute Gasteiger partial charge is 0.149 e. The Balaban J connectivity index is 2.69. The van der Waals surface area contributed by atoms with Crippen LogP contribution in [0.2, 0.25) is 0 Å². The number of aromatic nitrogens is 1. The lowest BCUT2D eigenvalue weighted by molar-refractivity contribution is 0.437. The van der Waals surface area contributed by atoms with Gasteiger partial charge in [-0.25, -0.2) is 4.98 Å². The molecule has 1 aromatic rings. The van der Waals surface area contributed by atoms with Crippen LogP contribution in [0.3, 0.4) is 0 Å². The quantitative estimate of drug-likeness (QED) is 0.715. The number of hydrogen-bond donors (Lipinski definition) is 3. The molecule has 1 atom stereocenters. The van der Waals surface area contributed by atoms with E-state index in [-0.39, 0.29) is 0 Å². The summed E-state index contributed by atoms with van der Waals surface area (Å²) in [7, 11) is 0. The monoisotopic (exact) mass is 222 g/mol. The second-order valence-corrected chi connectivity index (χ2v) is 4.18. The topological polar surface area (TPSA) is 77.0 Å². The standard InChI is InChI=1S/C12H22N4/c1-4-9(5-2)8(3)15-11-7-6-10(13)12(14)16-11/h6-9H,4-5,13H2,1-3H3,(H3,14,15,16). The van der Waals surface area contributed by atoms with Crippen LogP contribution in [0.4, 0.5) is 17.3 Å². The maximum Gasteiger partial charge on any atom is 0.149 e. The second kappa shape index (κ2) is 5.58. The van der Waals surface area contributed by atoms with E-state index in [1.807, 2.05) is 6.07 Å². The van der Waals surface area contributed by atoms with Crippen molar-refractivity contribution < 1.29 is 0 Å². The highest BCUT2D eigenvalue weighted by Gasteiger charge is 2.13. The van der Waals surface area contributed by atoms with Gasteiger partial charge in [-0.15, -0.1) is 0 Å². The van der Waals surface area contributed by atoms with Gasteiger partial charge in [0, 0.05) is 6.04 Å². The molecule has 0 aliphatic carbocycles. The first-order chi connectivity index (χ1) is 7.58. The molecule has 0 saturated carbocycles. The molecule has 1 rings (SSSR count). The van der Waals surface area contributed by atoms with Crippen molar-refractivity contribution in [3.63, 3.8) is 0 Å². The Morgan fingerprint density at radius 3 is 2.38 bits per heavy atom. The SMILES string of the molecule is CCC(CC)C(C)Nc1ccc(N)c(N)n1. The van der Waals surface area contributed by atoms with Gasteiger partial charge in [0.25, 0.3) is 0 Å². The van der Waals surface area contributed by atoms with Crippen molar-refractivity contribution in [2.24, 2.45) is 5.92 Å². The van der Waals surface area contributed by atoms with E-state index in [1.165, 1.54) is 0 Å². The number of pyridine rings is 1. The average molecular weight is 222 g/mol. The summed E-state index contributed by atoms with van der Waals surface area (Å²) in [5.74, 6) is 1.84. The Bertz CT molecular complexity index is 334. The van der Waals surface area contributed by atoms with Crippen LogP contribution in [0.25, 0.3) is 0 Å². The fourth-order valence-electron chi connectivity index (χ4n) is 1.91. The van der Waals surface area contributed by atoms with E-state index in [1.54, 1.807) is 6.07 Å². The summed E-state index contributed by atoms with van der Waals surface area (Å²) in [5, 5.41) is 3.37. The Morgan fingerprint density at radius 2 is 1.88 bits per heavy atom. The number of rotatable bonds is 5. The third-order valence-electron chi connectivity index (χ3n) is 3.09. The molecule has 0 saturated heterocycles.